The molecule has 1 saturated heterocycles. The van der Waals surface area contributed by atoms with Crippen molar-refractivity contribution in [3.63, 3.8) is 0 Å². The number of ether oxygens (including phenoxy) is 1. The summed E-state index contributed by atoms with van der Waals surface area (Å²) in [6.07, 6.45) is 1.72. The molecule has 1 N–H and O–H groups in total. The normalized spacial score (nSPS) is 14.3. The lowest BCUT2D eigenvalue weighted by molar-refractivity contribution is 0.0303. The molecule has 7 heteroatoms. The molecule has 2 amide bonds. The maximum Gasteiger partial charge on any atom is 0.255 e. The summed E-state index contributed by atoms with van der Waals surface area (Å²) < 4.78 is 7.20. The zero-order valence-electron chi connectivity index (χ0n) is 15.9. The number of amides is 2. The van der Waals surface area contributed by atoms with E-state index < -0.39 is 0 Å². The van der Waals surface area contributed by atoms with Gasteiger partial charge in [-0.1, -0.05) is 0 Å². The van der Waals surface area contributed by atoms with Crippen LogP contribution in [0, 0.1) is 6.92 Å². The molecule has 1 aliphatic heterocycles. The summed E-state index contributed by atoms with van der Waals surface area (Å²) in [4.78, 5) is 31.3. The Labute approximate surface area is 162 Å². The highest BCUT2D eigenvalue weighted by molar-refractivity contribution is 6.06. The van der Waals surface area contributed by atoms with Crippen LogP contribution in [0.3, 0.4) is 0 Å². The fourth-order valence-electron chi connectivity index (χ4n) is 3.36. The first-order valence-corrected chi connectivity index (χ1v) is 9.23. The number of benzene rings is 2. The van der Waals surface area contributed by atoms with Gasteiger partial charge in [-0.3, -0.25) is 9.59 Å². The number of aryl methyl sites for hydroxylation is 2. The molecule has 0 unspecified atom stereocenters. The zero-order chi connectivity index (χ0) is 19.7. The molecule has 0 radical (unpaired) electrons. The molecular weight excluding hydrogens is 356 g/mol. The number of fused-ring (bicyclic) bond motifs is 1. The number of aromatic nitrogens is 2. The zero-order valence-corrected chi connectivity index (χ0v) is 15.9. The van der Waals surface area contributed by atoms with Gasteiger partial charge in [-0.2, -0.15) is 0 Å². The van der Waals surface area contributed by atoms with Crippen LogP contribution >= 0.6 is 0 Å². The minimum Gasteiger partial charge on any atom is -0.378 e. The number of carbonyl (C=O) groups is 2. The first-order chi connectivity index (χ1) is 13.5. The topological polar surface area (TPSA) is 76.5 Å². The molecule has 1 fully saturated rings. The van der Waals surface area contributed by atoms with E-state index >= 15 is 0 Å². The van der Waals surface area contributed by atoms with Gasteiger partial charge in [0.05, 0.1) is 30.6 Å². The van der Waals surface area contributed by atoms with Crippen LogP contribution in [0.25, 0.3) is 11.0 Å². The van der Waals surface area contributed by atoms with Crippen molar-refractivity contribution in [2.45, 2.75) is 6.92 Å². The molecule has 0 saturated carbocycles. The molecule has 2 aromatic carbocycles. The molecule has 0 spiro atoms. The highest BCUT2D eigenvalue weighted by Gasteiger charge is 2.19. The molecule has 4 rings (SSSR count). The summed E-state index contributed by atoms with van der Waals surface area (Å²) in [5.74, 6) is -0.215. The maximum absolute atomic E-state index is 12.6. The van der Waals surface area contributed by atoms with Crippen LogP contribution in [-0.2, 0) is 11.8 Å². The summed E-state index contributed by atoms with van der Waals surface area (Å²) >= 11 is 0. The molecule has 0 atom stereocenters. The van der Waals surface area contributed by atoms with Crippen molar-refractivity contribution in [3.8, 4) is 0 Å². The first kappa shape index (κ1) is 18.2. The number of hydrogen-bond donors (Lipinski definition) is 1. The molecule has 0 bridgehead atoms. The Kier molecular flexibility index (Phi) is 4.83. The van der Waals surface area contributed by atoms with Crippen molar-refractivity contribution in [1.29, 1.82) is 0 Å². The molecule has 1 aliphatic rings. The lowest BCUT2D eigenvalue weighted by Crippen LogP contribution is -2.40. The van der Waals surface area contributed by atoms with Crippen LogP contribution in [0.1, 0.15) is 26.3 Å². The monoisotopic (exact) mass is 378 g/mol. The van der Waals surface area contributed by atoms with Crippen molar-refractivity contribution in [2.24, 2.45) is 7.05 Å². The molecule has 7 nitrogen and oxygen atoms in total. The standard InChI is InChI=1S/C21H22N4O3/c1-14-11-16(21(27)25-7-9-28-10-8-25)3-5-17(14)23-20(26)15-4-6-19-18(12-15)22-13-24(19)2/h3-6,11-13H,7-10H2,1-2H3,(H,23,26). The Morgan fingerprint density at radius 2 is 1.82 bits per heavy atom. The Balaban J connectivity index is 1.50. The Morgan fingerprint density at radius 3 is 2.57 bits per heavy atom. The predicted molar refractivity (Wildman–Crippen MR) is 107 cm³/mol. The Morgan fingerprint density at radius 1 is 1.07 bits per heavy atom. The number of nitrogens with zero attached hydrogens (tertiary/aromatic N) is 3. The number of hydrogen-bond acceptors (Lipinski definition) is 4. The molecule has 1 aromatic heterocycles. The second-order valence-electron chi connectivity index (χ2n) is 6.95. The van der Waals surface area contributed by atoms with Crippen LogP contribution in [-0.4, -0.2) is 52.6 Å². The van der Waals surface area contributed by atoms with E-state index in [9.17, 15) is 9.59 Å². The fourth-order valence-corrected chi connectivity index (χ4v) is 3.36. The third-order valence-electron chi connectivity index (χ3n) is 5.01. The van der Waals surface area contributed by atoms with E-state index in [0.717, 1.165) is 16.6 Å². The van der Waals surface area contributed by atoms with Crippen molar-refractivity contribution in [2.75, 3.05) is 31.6 Å². The number of rotatable bonds is 3. The van der Waals surface area contributed by atoms with Crippen LogP contribution in [0.2, 0.25) is 0 Å². The Bertz CT molecular complexity index is 1050. The number of nitrogens with one attached hydrogen (secondary N) is 1. The van der Waals surface area contributed by atoms with Gasteiger partial charge in [-0.05, 0) is 48.9 Å². The Hall–Kier alpha value is -3.19. The average molecular weight is 378 g/mol. The van der Waals surface area contributed by atoms with Crippen molar-refractivity contribution in [1.82, 2.24) is 14.5 Å². The molecule has 3 aromatic rings. The number of imidazole rings is 1. The second-order valence-corrected chi connectivity index (χ2v) is 6.95. The van der Waals surface area contributed by atoms with Gasteiger partial charge in [0, 0.05) is 37.0 Å². The van der Waals surface area contributed by atoms with E-state index in [-0.39, 0.29) is 11.8 Å². The summed E-state index contributed by atoms with van der Waals surface area (Å²) in [5.41, 5.74) is 4.43. The van der Waals surface area contributed by atoms with E-state index in [1.807, 2.05) is 30.7 Å². The maximum atomic E-state index is 12.6. The minimum absolute atomic E-state index is 0.00937. The lowest BCUT2D eigenvalue weighted by atomic mass is 10.1. The van der Waals surface area contributed by atoms with Gasteiger partial charge in [0.15, 0.2) is 0 Å². The van der Waals surface area contributed by atoms with E-state index in [1.54, 1.807) is 35.5 Å². The van der Waals surface area contributed by atoms with E-state index in [0.29, 0.717) is 43.1 Å². The lowest BCUT2D eigenvalue weighted by Gasteiger charge is -2.27. The van der Waals surface area contributed by atoms with Gasteiger partial charge in [-0.15, -0.1) is 0 Å². The highest BCUT2D eigenvalue weighted by atomic mass is 16.5. The molecule has 0 aliphatic carbocycles. The van der Waals surface area contributed by atoms with Crippen LogP contribution in [0.5, 0.6) is 0 Å². The third kappa shape index (κ3) is 3.48. The predicted octanol–water partition coefficient (Wildman–Crippen LogP) is 2.61. The van der Waals surface area contributed by atoms with Crippen molar-refractivity contribution < 1.29 is 14.3 Å². The van der Waals surface area contributed by atoms with Crippen molar-refractivity contribution >= 4 is 28.5 Å². The van der Waals surface area contributed by atoms with Gasteiger partial charge < -0.3 is 19.5 Å². The quantitative estimate of drug-likeness (QED) is 0.760. The average Bonchev–Trinajstić information content (AvgIpc) is 3.10. The van der Waals surface area contributed by atoms with Crippen LogP contribution in [0.15, 0.2) is 42.7 Å². The fraction of sp³-hybridized carbons (Fsp3) is 0.286. The second kappa shape index (κ2) is 7.44. The molecule has 144 valence electrons. The van der Waals surface area contributed by atoms with Gasteiger partial charge in [0.25, 0.3) is 11.8 Å². The minimum atomic E-state index is -0.206. The third-order valence-corrected chi connectivity index (χ3v) is 5.01. The van der Waals surface area contributed by atoms with E-state index in [4.69, 9.17) is 4.74 Å². The van der Waals surface area contributed by atoms with Gasteiger partial charge in [-0.25, -0.2) is 4.98 Å². The number of carbonyl (C=O) groups excluding carboxylic acids is 2. The number of anilines is 1. The highest BCUT2D eigenvalue weighted by Crippen LogP contribution is 2.20. The summed E-state index contributed by atoms with van der Waals surface area (Å²) in [7, 11) is 1.91. The van der Waals surface area contributed by atoms with E-state index in [2.05, 4.69) is 10.3 Å². The molecule has 28 heavy (non-hydrogen) atoms. The SMILES string of the molecule is Cc1cc(C(=O)N2CCOCC2)ccc1NC(=O)c1ccc2c(c1)ncn2C. The van der Waals surface area contributed by atoms with Gasteiger partial charge in [0.1, 0.15) is 0 Å². The summed E-state index contributed by atoms with van der Waals surface area (Å²) in [6, 6.07) is 10.8. The first-order valence-electron chi connectivity index (χ1n) is 9.23. The smallest absolute Gasteiger partial charge is 0.255 e. The van der Waals surface area contributed by atoms with Crippen LogP contribution < -0.4 is 5.32 Å². The van der Waals surface area contributed by atoms with E-state index in [1.165, 1.54) is 0 Å². The van der Waals surface area contributed by atoms with Gasteiger partial charge in [0.2, 0.25) is 0 Å². The molecular formula is C21H22N4O3. The largest absolute Gasteiger partial charge is 0.378 e. The van der Waals surface area contributed by atoms with Crippen molar-refractivity contribution in [3.05, 3.63) is 59.4 Å². The summed E-state index contributed by atoms with van der Waals surface area (Å²) in [5, 5.41) is 2.93. The number of morpholine rings is 1. The van der Waals surface area contributed by atoms with Gasteiger partial charge >= 0.3 is 0 Å². The summed E-state index contributed by atoms with van der Waals surface area (Å²) in [6.45, 7) is 4.23. The van der Waals surface area contributed by atoms with Crippen LogP contribution in [0.4, 0.5) is 5.69 Å². The molecule has 2 heterocycles.